The van der Waals surface area contributed by atoms with Gasteiger partial charge in [0.1, 0.15) is 0 Å². The molecule has 1 aliphatic rings. The Kier molecular flexibility index (Phi) is 7.07. The van der Waals surface area contributed by atoms with Crippen LogP contribution in [0.2, 0.25) is 0 Å². The van der Waals surface area contributed by atoms with Crippen LogP contribution in [-0.2, 0) is 17.8 Å². The molecule has 1 aromatic carbocycles. The van der Waals surface area contributed by atoms with E-state index in [2.05, 4.69) is 45.0 Å². The third kappa shape index (κ3) is 6.52. The van der Waals surface area contributed by atoms with Gasteiger partial charge >= 0.3 is 0 Å². The summed E-state index contributed by atoms with van der Waals surface area (Å²) in [6.07, 6.45) is 7.46. The topological polar surface area (TPSA) is 63.5 Å². The first-order valence-corrected chi connectivity index (χ1v) is 9.41. The maximum absolute atomic E-state index is 5.65. The molecule has 6 nitrogen and oxygen atoms in total. The van der Waals surface area contributed by atoms with Gasteiger partial charge in [0, 0.05) is 45.7 Å². The second-order valence-electron chi connectivity index (χ2n) is 6.75. The maximum atomic E-state index is 5.65. The fourth-order valence-corrected chi connectivity index (χ4v) is 2.74. The smallest absolute Gasteiger partial charge is 0.191 e. The molecule has 140 valence electrons. The number of hydrogen-bond acceptors (Lipinski definition) is 3. The Hall–Kier alpha value is -2.34. The first-order valence-electron chi connectivity index (χ1n) is 9.41. The summed E-state index contributed by atoms with van der Waals surface area (Å²) >= 11 is 0. The minimum Gasteiger partial charge on any atom is -0.381 e. The Morgan fingerprint density at radius 1 is 1.27 bits per heavy atom. The highest BCUT2D eigenvalue weighted by Gasteiger charge is 2.20. The van der Waals surface area contributed by atoms with Crippen LogP contribution in [0, 0.1) is 5.92 Å². The largest absolute Gasteiger partial charge is 0.381 e. The second kappa shape index (κ2) is 9.97. The number of ether oxygens (including phenoxy) is 1. The quantitative estimate of drug-likeness (QED) is 0.390. The zero-order valence-corrected chi connectivity index (χ0v) is 15.5. The highest BCUT2D eigenvalue weighted by molar-refractivity contribution is 5.79. The van der Waals surface area contributed by atoms with E-state index in [4.69, 9.17) is 4.74 Å². The lowest BCUT2D eigenvalue weighted by Crippen LogP contribution is -2.37. The SMILES string of the molecule is CN=C(NCCCOCC1CC1)NCc1cccc(Cn2cccn2)c1. The lowest BCUT2D eigenvalue weighted by molar-refractivity contribution is 0.123. The van der Waals surface area contributed by atoms with Crippen molar-refractivity contribution in [1.29, 1.82) is 0 Å². The fraction of sp³-hybridized carbons (Fsp3) is 0.500. The van der Waals surface area contributed by atoms with Crippen LogP contribution < -0.4 is 10.6 Å². The number of guanidine groups is 1. The van der Waals surface area contributed by atoms with Gasteiger partial charge in [-0.25, -0.2) is 0 Å². The summed E-state index contributed by atoms with van der Waals surface area (Å²) in [4.78, 5) is 4.28. The van der Waals surface area contributed by atoms with Crippen LogP contribution in [0.25, 0.3) is 0 Å². The van der Waals surface area contributed by atoms with E-state index in [9.17, 15) is 0 Å². The molecule has 2 N–H and O–H groups in total. The molecular weight excluding hydrogens is 326 g/mol. The van der Waals surface area contributed by atoms with Gasteiger partial charge in [-0.2, -0.15) is 5.10 Å². The molecule has 0 unspecified atom stereocenters. The lowest BCUT2D eigenvalue weighted by Gasteiger charge is -2.13. The zero-order chi connectivity index (χ0) is 18.0. The van der Waals surface area contributed by atoms with Gasteiger partial charge in [0.2, 0.25) is 0 Å². The summed E-state index contributed by atoms with van der Waals surface area (Å²) in [5.74, 6) is 1.66. The van der Waals surface area contributed by atoms with Crippen molar-refractivity contribution in [2.75, 3.05) is 26.8 Å². The zero-order valence-electron chi connectivity index (χ0n) is 15.5. The van der Waals surface area contributed by atoms with Crippen molar-refractivity contribution in [3.05, 3.63) is 53.9 Å². The first-order chi connectivity index (χ1) is 12.8. The Labute approximate surface area is 155 Å². The Bertz CT molecular complexity index is 679. The molecule has 0 saturated heterocycles. The number of rotatable bonds is 10. The van der Waals surface area contributed by atoms with E-state index in [1.807, 2.05) is 16.9 Å². The summed E-state index contributed by atoms with van der Waals surface area (Å²) in [6, 6.07) is 10.5. The molecule has 0 amide bonds. The van der Waals surface area contributed by atoms with Crippen LogP contribution in [0.3, 0.4) is 0 Å². The van der Waals surface area contributed by atoms with E-state index in [1.165, 1.54) is 24.0 Å². The molecule has 0 bridgehead atoms. The third-order valence-corrected chi connectivity index (χ3v) is 4.39. The molecule has 1 fully saturated rings. The number of benzene rings is 1. The van der Waals surface area contributed by atoms with Crippen molar-refractivity contribution >= 4 is 5.96 Å². The normalized spacial score (nSPS) is 14.4. The lowest BCUT2D eigenvalue weighted by atomic mass is 10.1. The highest BCUT2D eigenvalue weighted by Crippen LogP contribution is 2.28. The molecule has 1 aromatic heterocycles. The minimum atomic E-state index is 0.741. The summed E-state index contributed by atoms with van der Waals surface area (Å²) in [7, 11) is 1.80. The predicted octanol–water partition coefficient (Wildman–Crippen LogP) is 2.41. The number of aliphatic imine (C=N–C) groups is 1. The summed E-state index contributed by atoms with van der Waals surface area (Å²) in [5.41, 5.74) is 2.47. The monoisotopic (exact) mass is 355 g/mol. The molecule has 0 atom stereocenters. The molecule has 6 heteroatoms. The number of aromatic nitrogens is 2. The first kappa shape index (κ1) is 18.5. The van der Waals surface area contributed by atoms with Crippen molar-refractivity contribution < 1.29 is 4.74 Å². The average Bonchev–Trinajstić information content (AvgIpc) is 3.35. The maximum Gasteiger partial charge on any atom is 0.191 e. The van der Waals surface area contributed by atoms with Crippen molar-refractivity contribution in [2.45, 2.75) is 32.4 Å². The van der Waals surface area contributed by atoms with E-state index in [-0.39, 0.29) is 0 Å². The minimum absolute atomic E-state index is 0.741. The number of nitrogens with zero attached hydrogens (tertiary/aromatic N) is 3. The molecule has 3 rings (SSSR count). The molecule has 1 heterocycles. The fourth-order valence-electron chi connectivity index (χ4n) is 2.74. The van der Waals surface area contributed by atoms with Crippen LogP contribution in [0.5, 0.6) is 0 Å². The molecule has 2 aromatic rings. The molecule has 0 radical (unpaired) electrons. The van der Waals surface area contributed by atoms with Gasteiger partial charge in [-0.05, 0) is 42.4 Å². The van der Waals surface area contributed by atoms with Crippen LogP contribution in [0.1, 0.15) is 30.4 Å². The summed E-state index contributed by atoms with van der Waals surface area (Å²) in [5, 5.41) is 11.0. The number of nitrogens with one attached hydrogen (secondary N) is 2. The standard InChI is InChI=1S/C20H29N5O/c1-21-20(22-9-4-12-26-16-17-7-8-17)23-14-18-5-2-6-19(13-18)15-25-11-3-10-24-25/h2-3,5-6,10-11,13,17H,4,7-9,12,14-16H2,1H3,(H2,21,22,23). The van der Waals surface area contributed by atoms with E-state index >= 15 is 0 Å². The van der Waals surface area contributed by atoms with Gasteiger partial charge in [-0.15, -0.1) is 0 Å². The Morgan fingerprint density at radius 2 is 2.15 bits per heavy atom. The molecule has 1 saturated carbocycles. The second-order valence-corrected chi connectivity index (χ2v) is 6.75. The average molecular weight is 355 g/mol. The van der Waals surface area contributed by atoms with E-state index in [1.54, 1.807) is 13.2 Å². The van der Waals surface area contributed by atoms with E-state index < -0.39 is 0 Å². The van der Waals surface area contributed by atoms with E-state index in [0.717, 1.165) is 51.1 Å². The van der Waals surface area contributed by atoms with Gasteiger partial charge in [-0.3, -0.25) is 9.67 Å². The number of hydrogen-bond donors (Lipinski definition) is 2. The van der Waals surface area contributed by atoms with Crippen molar-refractivity contribution in [3.63, 3.8) is 0 Å². The molecule has 0 spiro atoms. The molecular formula is C20H29N5O. The van der Waals surface area contributed by atoms with Crippen LogP contribution in [0.15, 0.2) is 47.7 Å². The molecule has 1 aliphatic carbocycles. The van der Waals surface area contributed by atoms with Crippen LogP contribution in [-0.4, -0.2) is 42.5 Å². The highest BCUT2D eigenvalue weighted by atomic mass is 16.5. The summed E-state index contributed by atoms with van der Waals surface area (Å²) < 4.78 is 7.58. The van der Waals surface area contributed by atoms with Gasteiger partial charge in [0.05, 0.1) is 6.54 Å². The van der Waals surface area contributed by atoms with Crippen LogP contribution in [0.4, 0.5) is 0 Å². The van der Waals surface area contributed by atoms with Gasteiger partial charge in [0.25, 0.3) is 0 Å². The van der Waals surface area contributed by atoms with Crippen molar-refractivity contribution in [1.82, 2.24) is 20.4 Å². The molecule has 26 heavy (non-hydrogen) atoms. The predicted molar refractivity (Wildman–Crippen MR) is 104 cm³/mol. The Morgan fingerprint density at radius 3 is 2.92 bits per heavy atom. The van der Waals surface area contributed by atoms with Crippen molar-refractivity contribution in [2.24, 2.45) is 10.9 Å². The Balaban J connectivity index is 1.36. The molecule has 0 aliphatic heterocycles. The van der Waals surface area contributed by atoms with Gasteiger partial charge < -0.3 is 15.4 Å². The summed E-state index contributed by atoms with van der Waals surface area (Å²) in [6.45, 7) is 4.14. The van der Waals surface area contributed by atoms with Gasteiger partial charge in [-0.1, -0.05) is 24.3 Å². The van der Waals surface area contributed by atoms with Crippen LogP contribution >= 0.6 is 0 Å². The third-order valence-electron chi connectivity index (χ3n) is 4.39. The van der Waals surface area contributed by atoms with E-state index in [0.29, 0.717) is 0 Å². The van der Waals surface area contributed by atoms with Crippen molar-refractivity contribution in [3.8, 4) is 0 Å². The van der Waals surface area contributed by atoms with Gasteiger partial charge in [0.15, 0.2) is 5.96 Å².